The number of hydrogen-bond acceptors (Lipinski definition) is 4. The van der Waals surface area contributed by atoms with Crippen molar-refractivity contribution in [3.63, 3.8) is 0 Å². The van der Waals surface area contributed by atoms with Crippen molar-refractivity contribution in [3.05, 3.63) is 23.8 Å². The largest absolute Gasteiger partial charge is 0.479 e. The third kappa shape index (κ3) is 2.97. The van der Waals surface area contributed by atoms with Gasteiger partial charge in [0.1, 0.15) is 5.75 Å². The Kier molecular flexibility index (Phi) is 4.14. The van der Waals surface area contributed by atoms with Crippen molar-refractivity contribution in [2.45, 2.75) is 19.6 Å². The van der Waals surface area contributed by atoms with Gasteiger partial charge in [-0.1, -0.05) is 6.07 Å². The Morgan fingerprint density at radius 1 is 1.50 bits per heavy atom. The normalized spacial score (nSPS) is 18.2. The van der Waals surface area contributed by atoms with Crippen molar-refractivity contribution in [3.8, 4) is 5.75 Å². The number of nitrogens with one attached hydrogen (secondary N) is 1. The highest BCUT2D eigenvalue weighted by atomic mass is 32.1. The Morgan fingerprint density at radius 2 is 2.28 bits per heavy atom. The summed E-state index contributed by atoms with van der Waals surface area (Å²) in [4.78, 5) is 13.7. The zero-order valence-corrected chi connectivity index (χ0v) is 11.5. The Hall–Kier alpha value is -1.20. The quantitative estimate of drug-likeness (QED) is 0.816. The van der Waals surface area contributed by atoms with Crippen LogP contribution in [0.4, 0.5) is 5.69 Å². The van der Waals surface area contributed by atoms with Crippen LogP contribution >= 0.6 is 12.6 Å². The number of hydrogen-bond donors (Lipinski definition) is 2. The van der Waals surface area contributed by atoms with E-state index < -0.39 is 6.10 Å². The molecule has 1 amide bonds. The maximum atomic E-state index is 11.5. The third-order valence-corrected chi connectivity index (χ3v) is 3.11. The molecule has 1 aliphatic rings. The highest BCUT2D eigenvalue weighted by Crippen LogP contribution is 2.30. The fourth-order valence-corrected chi connectivity index (χ4v) is 2.26. The van der Waals surface area contributed by atoms with Gasteiger partial charge < -0.3 is 15.0 Å². The topological polar surface area (TPSA) is 41.6 Å². The summed E-state index contributed by atoms with van der Waals surface area (Å²) >= 11 is 4.21. The van der Waals surface area contributed by atoms with Crippen LogP contribution in [0.1, 0.15) is 12.5 Å². The Labute approximate surface area is 113 Å². The minimum atomic E-state index is -0.421. The molecular formula is C13H18N2O2S. The molecule has 0 spiro atoms. The van der Waals surface area contributed by atoms with Gasteiger partial charge in [-0.2, -0.15) is 12.6 Å². The first-order chi connectivity index (χ1) is 8.60. The van der Waals surface area contributed by atoms with Crippen LogP contribution in [0.5, 0.6) is 5.75 Å². The summed E-state index contributed by atoms with van der Waals surface area (Å²) in [6, 6.07) is 5.90. The summed E-state index contributed by atoms with van der Waals surface area (Å²) < 4.78 is 5.51. The van der Waals surface area contributed by atoms with E-state index in [-0.39, 0.29) is 5.91 Å². The van der Waals surface area contributed by atoms with Gasteiger partial charge in [-0.3, -0.25) is 4.79 Å². The summed E-state index contributed by atoms with van der Waals surface area (Å²) in [6.45, 7) is 3.51. The molecule has 1 aliphatic heterocycles. The van der Waals surface area contributed by atoms with Crippen molar-refractivity contribution in [1.82, 2.24) is 4.90 Å². The van der Waals surface area contributed by atoms with Crippen LogP contribution in [0, 0.1) is 0 Å². The van der Waals surface area contributed by atoms with Crippen molar-refractivity contribution >= 4 is 24.2 Å². The second-order valence-electron chi connectivity index (χ2n) is 4.54. The molecule has 0 fully saturated rings. The summed E-state index contributed by atoms with van der Waals surface area (Å²) in [5, 5.41) is 2.86. The van der Waals surface area contributed by atoms with Crippen molar-refractivity contribution in [1.29, 1.82) is 0 Å². The van der Waals surface area contributed by atoms with Crippen LogP contribution < -0.4 is 10.1 Å². The molecule has 1 unspecified atom stereocenters. The molecule has 0 aliphatic carbocycles. The molecule has 0 saturated heterocycles. The maximum absolute atomic E-state index is 11.5. The Morgan fingerprint density at radius 3 is 3.00 bits per heavy atom. The second-order valence-corrected chi connectivity index (χ2v) is 4.99. The molecule has 1 heterocycles. The predicted octanol–water partition coefficient (Wildman–Crippen LogP) is 1.77. The number of carbonyl (C=O) groups is 1. The minimum Gasteiger partial charge on any atom is -0.479 e. The van der Waals surface area contributed by atoms with Crippen molar-refractivity contribution in [2.24, 2.45) is 0 Å². The fourth-order valence-electron chi connectivity index (χ4n) is 1.92. The van der Waals surface area contributed by atoms with E-state index in [1.54, 1.807) is 6.92 Å². The van der Waals surface area contributed by atoms with Crippen LogP contribution in [-0.4, -0.2) is 36.3 Å². The summed E-state index contributed by atoms with van der Waals surface area (Å²) in [6.07, 6.45) is -0.421. The highest BCUT2D eigenvalue weighted by Gasteiger charge is 2.23. The van der Waals surface area contributed by atoms with Crippen LogP contribution in [0.2, 0.25) is 0 Å². The number of benzene rings is 1. The molecule has 2 rings (SSSR count). The molecule has 0 radical (unpaired) electrons. The lowest BCUT2D eigenvalue weighted by Gasteiger charge is -2.24. The summed E-state index contributed by atoms with van der Waals surface area (Å²) in [5.41, 5.74) is 1.91. The van der Waals surface area contributed by atoms with E-state index in [0.29, 0.717) is 0 Å². The zero-order chi connectivity index (χ0) is 13.1. The Balaban J connectivity index is 2.12. The first-order valence-electron chi connectivity index (χ1n) is 6.00. The molecular weight excluding hydrogens is 248 g/mol. The van der Waals surface area contributed by atoms with Gasteiger partial charge in [0, 0.05) is 18.8 Å². The number of anilines is 1. The number of carbonyl (C=O) groups excluding carboxylic acids is 1. The van der Waals surface area contributed by atoms with E-state index in [1.165, 1.54) is 0 Å². The lowest BCUT2D eigenvalue weighted by Crippen LogP contribution is -2.34. The smallest absolute Gasteiger partial charge is 0.265 e. The van der Waals surface area contributed by atoms with E-state index in [9.17, 15) is 4.79 Å². The van der Waals surface area contributed by atoms with Gasteiger partial charge in [-0.25, -0.2) is 0 Å². The van der Waals surface area contributed by atoms with Gasteiger partial charge in [-0.05, 0) is 31.7 Å². The molecule has 5 heteroatoms. The van der Waals surface area contributed by atoms with Crippen molar-refractivity contribution < 1.29 is 9.53 Å². The highest BCUT2D eigenvalue weighted by molar-refractivity contribution is 7.80. The first kappa shape index (κ1) is 13.2. The number of fused-ring (bicyclic) bond motifs is 1. The van der Waals surface area contributed by atoms with Crippen LogP contribution in [0.15, 0.2) is 18.2 Å². The molecule has 0 bridgehead atoms. The molecule has 0 aromatic heterocycles. The number of ether oxygens (including phenoxy) is 1. The lowest BCUT2D eigenvalue weighted by atomic mass is 10.1. The summed E-state index contributed by atoms with van der Waals surface area (Å²) in [7, 11) is 2.05. The van der Waals surface area contributed by atoms with E-state index in [2.05, 4.69) is 22.8 Å². The SMILES string of the molecule is CC1Oc2ccc(CN(C)CCS)cc2NC1=O. The van der Waals surface area contributed by atoms with Gasteiger partial charge in [0.2, 0.25) is 0 Å². The predicted molar refractivity (Wildman–Crippen MR) is 75.3 cm³/mol. The number of nitrogens with zero attached hydrogens (tertiary/aromatic N) is 1. The van der Waals surface area contributed by atoms with Crippen molar-refractivity contribution in [2.75, 3.05) is 24.7 Å². The molecule has 1 atom stereocenters. The number of thiol groups is 1. The van der Waals surface area contributed by atoms with Gasteiger partial charge in [0.25, 0.3) is 5.91 Å². The van der Waals surface area contributed by atoms with E-state index in [0.717, 1.165) is 35.8 Å². The second kappa shape index (κ2) is 5.63. The average Bonchev–Trinajstić information content (AvgIpc) is 2.31. The fraction of sp³-hybridized carbons (Fsp3) is 0.462. The molecule has 1 aromatic rings. The van der Waals surface area contributed by atoms with E-state index >= 15 is 0 Å². The molecule has 4 nitrogen and oxygen atoms in total. The lowest BCUT2D eigenvalue weighted by molar-refractivity contribution is -0.122. The van der Waals surface area contributed by atoms with E-state index in [1.807, 2.05) is 25.2 Å². The minimum absolute atomic E-state index is 0.0941. The molecule has 98 valence electrons. The molecule has 0 saturated carbocycles. The van der Waals surface area contributed by atoms with Crippen LogP contribution in [0.25, 0.3) is 0 Å². The molecule has 18 heavy (non-hydrogen) atoms. The van der Waals surface area contributed by atoms with Gasteiger partial charge in [0.05, 0.1) is 5.69 Å². The van der Waals surface area contributed by atoms with E-state index in [4.69, 9.17) is 4.74 Å². The average molecular weight is 266 g/mol. The Bertz CT molecular complexity index is 451. The van der Waals surface area contributed by atoms with Crippen LogP contribution in [0.3, 0.4) is 0 Å². The monoisotopic (exact) mass is 266 g/mol. The maximum Gasteiger partial charge on any atom is 0.265 e. The third-order valence-electron chi connectivity index (χ3n) is 2.91. The van der Waals surface area contributed by atoms with Gasteiger partial charge >= 0.3 is 0 Å². The standard InChI is InChI=1S/C13H18N2O2S/c1-9-13(16)14-11-7-10(3-4-12(11)17-9)8-15(2)5-6-18/h3-4,7,9,18H,5-6,8H2,1-2H3,(H,14,16). The molecule has 1 aromatic carbocycles. The number of amides is 1. The number of rotatable bonds is 4. The van der Waals surface area contributed by atoms with Crippen LogP contribution in [-0.2, 0) is 11.3 Å². The first-order valence-corrected chi connectivity index (χ1v) is 6.63. The van der Waals surface area contributed by atoms with Gasteiger partial charge in [-0.15, -0.1) is 0 Å². The summed E-state index contributed by atoms with van der Waals surface area (Å²) in [5.74, 6) is 1.48. The molecule has 1 N–H and O–H groups in total. The van der Waals surface area contributed by atoms with Gasteiger partial charge in [0.15, 0.2) is 6.10 Å². The zero-order valence-electron chi connectivity index (χ0n) is 10.6.